The van der Waals surface area contributed by atoms with Crippen LogP contribution in [0.3, 0.4) is 0 Å². The summed E-state index contributed by atoms with van der Waals surface area (Å²) < 4.78 is 27.5. The zero-order chi connectivity index (χ0) is 25.5. The molecule has 3 aromatic rings. The number of nitrogens with zero attached hydrogens (tertiary/aromatic N) is 1. The number of aromatic nitrogens is 1. The van der Waals surface area contributed by atoms with E-state index in [1.165, 1.54) is 30.3 Å². The van der Waals surface area contributed by atoms with Crippen LogP contribution < -0.4 is 16.0 Å². The number of carboxylic acid groups (broad SMARTS) is 1. The lowest BCUT2D eigenvalue weighted by Gasteiger charge is -2.21. The average Bonchev–Trinajstić information content (AvgIpc) is 2.86. The number of anilines is 1. The van der Waals surface area contributed by atoms with E-state index in [1.54, 1.807) is 12.1 Å². The lowest BCUT2D eigenvalue weighted by Crippen LogP contribution is -2.34. The molecule has 188 valence electrons. The topological polar surface area (TPSA) is 103 Å². The highest BCUT2D eigenvalue weighted by Crippen LogP contribution is 2.22. The average molecular weight is 495 g/mol. The van der Waals surface area contributed by atoms with Crippen LogP contribution >= 0.6 is 0 Å². The first kappa shape index (κ1) is 25.2. The quantitative estimate of drug-likeness (QED) is 0.341. The lowest BCUT2D eigenvalue weighted by molar-refractivity contribution is -0.138. The molecule has 1 amide bonds. The van der Waals surface area contributed by atoms with Gasteiger partial charge in [-0.05, 0) is 59.9 Å². The van der Waals surface area contributed by atoms with E-state index in [1.807, 2.05) is 12.1 Å². The largest absolute Gasteiger partial charge is 0.481 e. The van der Waals surface area contributed by atoms with Crippen molar-refractivity contribution in [2.24, 2.45) is 0 Å². The Kier molecular flexibility index (Phi) is 8.22. The smallest absolute Gasteiger partial charge is 0.312 e. The molecule has 36 heavy (non-hydrogen) atoms. The molecule has 9 heteroatoms. The molecule has 0 saturated heterocycles. The highest BCUT2D eigenvalue weighted by Gasteiger charge is 2.23. The van der Waals surface area contributed by atoms with Crippen molar-refractivity contribution in [1.82, 2.24) is 15.6 Å². The standard InChI is InChI=1S/C27H28F2N4O3/c28-20-7-1-4-18(12-20)23(27(35)36)16-32-25(34)14-24(19-5-2-8-21(29)13-19)31-15-22-10-9-17-6-3-11-30-26(17)33-22/h1-2,4-5,7-10,12-13,23-24,31H,3,6,11,14-16H2,(H,30,33)(H,32,34)(H,35,36)/t23-,24+/m1/s1. The van der Waals surface area contributed by atoms with Crippen LogP contribution in [0, 0.1) is 11.6 Å². The van der Waals surface area contributed by atoms with Crippen LogP contribution in [0.4, 0.5) is 14.6 Å². The van der Waals surface area contributed by atoms with E-state index in [0.717, 1.165) is 42.5 Å². The summed E-state index contributed by atoms with van der Waals surface area (Å²) in [6.07, 6.45) is 1.98. The van der Waals surface area contributed by atoms with E-state index >= 15 is 0 Å². The fourth-order valence-corrected chi connectivity index (χ4v) is 4.27. The summed E-state index contributed by atoms with van der Waals surface area (Å²) in [5.74, 6) is -2.80. The molecular formula is C27H28F2N4O3. The summed E-state index contributed by atoms with van der Waals surface area (Å²) in [5.41, 5.74) is 2.79. The molecule has 1 aliphatic heterocycles. The van der Waals surface area contributed by atoms with Crippen LogP contribution in [0.1, 0.15) is 47.2 Å². The number of amides is 1. The van der Waals surface area contributed by atoms with Crippen LogP contribution in [0.25, 0.3) is 0 Å². The number of carbonyl (C=O) groups excluding carboxylic acids is 1. The molecule has 0 aliphatic carbocycles. The normalized spacial score (nSPS) is 14.3. The van der Waals surface area contributed by atoms with Crippen LogP contribution in [-0.4, -0.2) is 35.1 Å². The summed E-state index contributed by atoms with van der Waals surface area (Å²) >= 11 is 0. The van der Waals surface area contributed by atoms with Gasteiger partial charge >= 0.3 is 5.97 Å². The zero-order valence-corrected chi connectivity index (χ0v) is 19.6. The van der Waals surface area contributed by atoms with Crippen molar-refractivity contribution in [3.05, 3.63) is 94.7 Å². The second-order valence-corrected chi connectivity index (χ2v) is 8.78. The molecule has 0 fully saturated rings. The third kappa shape index (κ3) is 6.63. The number of fused-ring (bicyclic) bond motifs is 1. The van der Waals surface area contributed by atoms with Gasteiger partial charge in [0.2, 0.25) is 5.91 Å². The fourth-order valence-electron chi connectivity index (χ4n) is 4.27. The van der Waals surface area contributed by atoms with Crippen molar-refractivity contribution in [2.75, 3.05) is 18.4 Å². The zero-order valence-electron chi connectivity index (χ0n) is 19.6. The number of carbonyl (C=O) groups is 2. The number of nitrogens with one attached hydrogen (secondary N) is 3. The molecule has 0 radical (unpaired) electrons. The first-order valence-electron chi connectivity index (χ1n) is 11.9. The highest BCUT2D eigenvalue weighted by molar-refractivity contribution is 5.80. The summed E-state index contributed by atoms with van der Waals surface area (Å²) in [7, 11) is 0. The van der Waals surface area contributed by atoms with Gasteiger partial charge in [-0.1, -0.05) is 30.3 Å². The highest BCUT2D eigenvalue weighted by atomic mass is 19.1. The first-order chi connectivity index (χ1) is 17.4. The minimum Gasteiger partial charge on any atom is -0.481 e. The number of carboxylic acids is 1. The van der Waals surface area contributed by atoms with Crippen molar-refractivity contribution < 1.29 is 23.5 Å². The summed E-state index contributed by atoms with van der Waals surface area (Å²) in [4.78, 5) is 29.2. The Balaban J connectivity index is 1.43. The van der Waals surface area contributed by atoms with Gasteiger partial charge in [-0.15, -0.1) is 0 Å². The molecule has 0 unspecified atom stereocenters. The van der Waals surface area contributed by atoms with Gasteiger partial charge < -0.3 is 21.1 Å². The van der Waals surface area contributed by atoms with E-state index in [9.17, 15) is 23.5 Å². The Hall–Kier alpha value is -3.85. The molecule has 2 heterocycles. The Labute approximate surface area is 208 Å². The third-order valence-electron chi connectivity index (χ3n) is 6.17. The Morgan fingerprint density at radius 2 is 1.75 bits per heavy atom. The van der Waals surface area contributed by atoms with E-state index in [-0.39, 0.29) is 18.5 Å². The molecular weight excluding hydrogens is 466 g/mol. The number of benzene rings is 2. The molecule has 2 aromatic carbocycles. The van der Waals surface area contributed by atoms with Crippen LogP contribution in [0.15, 0.2) is 60.7 Å². The molecule has 1 aromatic heterocycles. The van der Waals surface area contributed by atoms with Crippen molar-refractivity contribution in [3.8, 4) is 0 Å². The second-order valence-electron chi connectivity index (χ2n) is 8.78. The van der Waals surface area contributed by atoms with Gasteiger partial charge in [0.15, 0.2) is 0 Å². The number of hydrogen-bond acceptors (Lipinski definition) is 5. The van der Waals surface area contributed by atoms with Gasteiger partial charge in [0.05, 0.1) is 11.6 Å². The maximum absolute atomic E-state index is 13.9. The Bertz CT molecular complexity index is 1240. The Morgan fingerprint density at radius 1 is 1.03 bits per heavy atom. The van der Waals surface area contributed by atoms with Gasteiger partial charge in [0.25, 0.3) is 0 Å². The molecule has 0 spiro atoms. The first-order valence-corrected chi connectivity index (χ1v) is 11.9. The Morgan fingerprint density at radius 3 is 2.47 bits per heavy atom. The van der Waals surface area contributed by atoms with Crippen LogP contribution in [-0.2, 0) is 22.6 Å². The molecule has 4 rings (SSSR count). The van der Waals surface area contributed by atoms with Crippen LogP contribution in [0.5, 0.6) is 0 Å². The number of halogens is 2. The number of pyridine rings is 1. The van der Waals surface area contributed by atoms with Gasteiger partial charge in [0.1, 0.15) is 17.5 Å². The predicted octanol–water partition coefficient (Wildman–Crippen LogP) is 3.92. The maximum Gasteiger partial charge on any atom is 0.312 e. The number of aryl methyl sites for hydroxylation is 1. The van der Waals surface area contributed by atoms with Crippen molar-refractivity contribution in [2.45, 2.75) is 37.8 Å². The fraction of sp³-hybridized carbons (Fsp3) is 0.296. The van der Waals surface area contributed by atoms with E-state index in [2.05, 4.69) is 20.9 Å². The van der Waals surface area contributed by atoms with Gasteiger partial charge in [-0.3, -0.25) is 9.59 Å². The second kappa shape index (κ2) is 11.7. The number of aliphatic carboxylic acids is 1. The minimum atomic E-state index is -1.17. The molecule has 4 N–H and O–H groups in total. The third-order valence-corrected chi connectivity index (χ3v) is 6.17. The molecule has 2 atom stereocenters. The van der Waals surface area contributed by atoms with Crippen molar-refractivity contribution in [3.63, 3.8) is 0 Å². The van der Waals surface area contributed by atoms with Crippen molar-refractivity contribution >= 4 is 17.7 Å². The van der Waals surface area contributed by atoms with Gasteiger partial charge in [-0.25, -0.2) is 13.8 Å². The van der Waals surface area contributed by atoms with E-state index in [0.29, 0.717) is 12.1 Å². The SMILES string of the molecule is O=C(C[C@H](NCc1ccc2c(n1)NCCC2)c1cccc(F)c1)NC[C@@H](C(=O)O)c1cccc(F)c1. The molecule has 0 saturated carbocycles. The predicted molar refractivity (Wildman–Crippen MR) is 131 cm³/mol. The van der Waals surface area contributed by atoms with E-state index in [4.69, 9.17) is 0 Å². The van der Waals surface area contributed by atoms with Gasteiger partial charge in [-0.2, -0.15) is 0 Å². The lowest BCUT2D eigenvalue weighted by atomic mass is 9.98. The summed E-state index contributed by atoms with van der Waals surface area (Å²) in [5, 5.41) is 18.8. The monoisotopic (exact) mass is 494 g/mol. The summed E-state index contributed by atoms with van der Waals surface area (Å²) in [6, 6.07) is 14.7. The van der Waals surface area contributed by atoms with Gasteiger partial charge in [0, 0.05) is 32.1 Å². The number of hydrogen-bond donors (Lipinski definition) is 4. The molecule has 0 bridgehead atoms. The summed E-state index contributed by atoms with van der Waals surface area (Å²) in [6.45, 7) is 1.02. The molecule has 1 aliphatic rings. The maximum atomic E-state index is 13.9. The van der Waals surface area contributed by atoms with Crippen molar-refractivity contribution in [1.29, 1.82) is 0 Å². The minimum absolute atomic E-state index is 0.0534. The van der Waals surface area contributed by atoms with Crippen LogP contribution in [0.2, 0.25) is 0 Å². The number of rotatable bonds is 10. The molecule has 7 nitrogen and oxygen atoms in total. The van der Waals surface area contributed by atoms with E-state index < -0.39 is 35.5 Å².